The maximum atomic E-state index is 12.9. The molecule has 0 aliphatic carbocycles. The zero-order valence-electron chi connectivity index (χ0n) is 20.5. The van der Waals surface area contributed by atoms with Gasteiger partial charge in [0.2, 0.25) is 5.91 Å². The third kappa shape index (κ3) is 7.65. The summed E-state index contributed by atoms with van der Waals surface area (Å²) in [5.74, 6) is -0.256. The summed E-state index contributed by atoms with van der Waals surface area (Å²) in [5, 5.41) is 20.8. The van der Waals surface area contributed by atoms with Crippen LogP contribution in [0.3, 0.4) is 0 Å². The van der Waals surface area contributed by atoms with Gasteiger partial charge in [-0.15, -0.1) is 5.10 Å². The smallest absolute Gasteiger partial charge is 0.411 e. The molecule has 1 atom stereocenters. The van der Waals surface area contributed by atoms with Gasteiger partial charge in [0.15, 0.2) is 0 Å². The van der Waals surface area contributed by atoms with Gasteiger partial charge in [-0.3, -0.25) is 10.1 Å². The number of hydrogen-bond acceptors (Lipinski definition) is 7. The fourth-order valence-electron chi connectivity index (χ4n) is 3.71. The van der Waals surface area contributed by atoms with E-state index in [-0.39, 0.29) is 11.9 Å². The van der Waals surface area contributed by atoms with Crippen LogP contribution < -0.4 is 16.0 Å². The highest BCUT2D eigenvalue weighted by atomic mass is 35.5. The van der Waals surface area contributed by atoms with Crippen LogP contribution in [0.1, 0.15) is 11.1 Å². The predicted molar refractivity (Wildman–Crippen MR) is 146 cm³/mol. The molecule has 4 rings (SSSR count). The summed E-state index contributed by atoms with van der Waals surface area (Å²) in [5.41, 5.74) is 3.93. The topological polar surface area (TPSA) is 123 Å². The first kappa shape index (κ1) is 26.4. The number of carbonyl (C=O) groups is 2. The minimum Gasteiger partial charge on any atom is -0.453 e. The number of methoxy groups -OCH3 is 1. The average molecular weight is 532 g/mol. The van der Waals surface area contributed by atoms with Gasteiger partial charge in [0.05, 0.1) is 18.8 Å². The molecule has 38 heavy (non-hydrogen) atoms. The molecule has 0 aliphatic heterocycles. The summed E-state index contributed by atoms with van der Waals surface area (Å²) in [6.45, 7) is 0.477. The van der Waals surface area contributed by atoms with E-state index in [2.05, 4.69) is 36.2 Å². The van der Waals surface area contributed by atoms with Crippen LogP contribution in [-0.2, 0) is 16.0 Å². The highest BCUT2D eigenvalue weighted by molar-refractivity contribution is 6.30. The van der Waals surface area contributed by atoms with Crippen LogP contribution in [0.5, 0.6) is 0 Å². The monoisotopic (exact) mass is 531 g/mol. The lowest BCUT2D eigenvalue weighted by atomic mass is 10.1. The van der Waals surface area contributed by atoms with Gasteiger partial charge < -0.3 is 15.4 Å². The minimum atomic E-state index is -0.535. The normalized spacial score (nSPS) is 11.6. The van der Waals surface area contributed by atoms with Gasteiger partial charge in [-0.2, -0.15) is 4.68 Å². The van der Waals surface area contributed by atoms with Gasteiger partial charge in [-0.1, -0.05) is 41.9 Å². The Labute approximate surface area is 224 Å². The first-order valence-corrected chi connectivity index (χ1v) is 12.1. The maximum absolute atomic E-state index is 12.9. The molecule has 0 saturated heterocycles. The molecule has 3 aromatic carbocycles. The number of ether oxygens (including phenoxy) is 1. The highest BCUT2D eigenvalue weighted by Gasteiger charge is 2.13. The number of tetrazole rings is 1. The Morgan fingerprint density at radius 3 is 2.53 bits per heavy atom. The molecule has 2 amide bonds. The Kier molecular flexibility index (Phi) is 9.03. The molecule has 1 unspecified atom stereocenters. The van der Waals surface area contributed by atoms with Crippen molar-refractivity contribution >= 4 is 41.1 Å². The second-order valence-electron chi connectivity index (χ2n) is 8.26. The molecule has 0 bridgehead atoms. The number of amides is 2. The van der Waals surface area contributed by atoms with Crippen molar-refractivity contribution in [3.05, 3.63) is 101 Å². The fraction of sp³-hybridized carbons (Fsp3) is 0.148. The zero-order valence-corrected chi connectivity index (χ0v) is 21.3. The van der Waals surface area contributed by atoms with Gasteiger partial charge >= 0.3 is 6.09 Å². The molecule has 11 heteroatoms. The van der Waals surface area contributed by atoms with Gasteiger partial charge in [0.1, 0.15) is 6.33 Å². The molecular formula is C27H26ClN7O3. The molecule has 0 fully saturated rings. The Morgan fingerprint density at radius 1 is 1.05 bits per heavy atom. The van der Waals surface area contributed by atoms with E-state index in [9.17, 15) is 9.59 Å². The molecule has 0 aliphatic rings. The summed E-state index contributed by atoms with van der Waals surface area (Å²) in [6.07, 6.45) is 4.71. The van der Waals surface area contributed by atoms with Gasteiger partial charge in [0, 0.05) is 34.6 Å². The number of rotatable bonds is 10. The third-order valence-corrected chi connectivity index (χ3v) is 5.78. The van der Waals surface area contributed by atoms with Crippen LogP contribution in [0, 0.1) is 0 Å². The van der Waals surface area contributed by atoms with Gasteiger partial charge in [0.25, 0.3) is 0 Å². The molecule has 0 saturated carbocycles. The lowest BCUT2D eigenvalue weighted by Crippen LogP contribution is -2.40. The number of aromatic nitrogens is 4. The second kappa shape index (κ2) is 13.0. The maximum Gasteiger partial charge on any atom is 0.411 e. The Balaban J connectivity index is 1.44. The summed E-state index contributed by atoms with van der Waals surface area (Å²) in [6, 6.07) is 22.2. The number of carbonyl (C=O) groups excluding carboxylic acids is 2. The molecule has 1 aromatic heterocycles. The van der Waals surface area contributed by atoms with E-state index in [4.69, 9.17) is 11.6 Å². The van der Waals surface area contributed by atoms with Crippen molar-refractivity contribution in [2.24, 2.45) is 0 Å². The molecule has 0 radical (unpaired) electrons. The zero-order chi connectivity index (χ0) is 26.7. The molecule has 194 valence electrons. The summed E-state index contributed by atoms with van der Waals surface area (Å²) in [7, 11) is 1.31. The van der Waals surface area contributed by atoms with Crippen LogP contribution in [0.15, 0.2) is 85.2 Å². The standard InChI is InChI=1S/C27H26ClN7O3/c1-38-27(37)32-23-11-9-22(10-12-23)29-17-24(15-19-5-3-2-4-6-19)31-26(36)14-7-20-16-21(28)8-13-25(20)35-18-30-33-34-35/h2-14,16,18,24,29H,15,17H2,1H3,(H,31,36)(H,32,37). The predicted octanol–water partition coefficient (Wildman–Crippen LogP) is 4.35. The second-order valence-corrected chi connectivity index (χ2v) is 8.70. The first-order valence-electron chi connectivity index (χ1n) is 11.7. The van der Waals surface area contributed by atoms with E-state index in [0.717, 1.165) is 11.3 Å². The Morgan fingerprint density at radius 2 is 1.82 bits per heavy atom. The van der Waals surface area contributed by atoms with Crippen LogP contribution in [0.4, 0.5) is 16.2 Å². The van der Waals surface area contributed by atoms with E-state index in [1.54, 1.807) is 36.4 Å². The van der Waals surface area contributed by atoms with Crippen molar-refractivity contribution in [2.45, 2.75) is 12.5 Å². The average Bonchev–Trinajstić information content (AvgIpc) is 3.47. The molecule has 10 nitrogen and oxygen atoms in total. The Hall–Kier alpha value is -4.70. The number of nitrogens with one attached hydrogen (secondary N) is 3. The van der Waals surface area contributed by atoms with E-state index in [1.807, 2.05) is 42.5 Å². The van der Waals surface area contributed by atoms with Crippen LogP contribution >= 0.6 is 11.6 Å². The number of anilines is 2. The minimum absolute atomic E-state index is 0.208. The van der Waals surface area contributed by atoms with Crippen LogP contribution in [0.2, 0.25) is 5.02 Å². The lowest BCUT2D eigenvalue weighted by molar-refractivity contribution is -0.117. The Bertz CT molecular complexity index is 1380. The number of nitrogens with zero attached hydrogens (tertiary/aromatic N) is 4. The van der Waals surface area contributed by atoms with Crippen molar-refractivity contribution in [1.29, 1.82) is 0 Å². The molecule has 0 spiro atoms. The number of halogens is 1. The largest absolute Gasteiger partial charge is 0.453 e. The number of hydrogen-bond donors (Lipinski definition) is 3. The van der Waals surface area contributed by atoms with E-state index in [0.29, 0.717) is 34.9 Å². The quantitative estimate of drug-likeness (QED) is 0.260. The van der Waals surface area contributed by atoms with Crippen molar-refractivity contribution in [1.82, 2.24) is 25.5 Å². The molecular weight excluding hydrogens is 506 g/mol. The number of benzene rings is 3. The van der Waals surface area contributed by atoms with Crippen LogP contribution in [0.25, 0.3) is 11.8 Å². The summed E-state index contributed by atoms with van der Waals surface area (Å²) < 4.78 is 6.11. The van der Waals surface area contributed by atoms with E-state index in [1.165, 1.54) is 24.2 Å². The van der Waals surface area contributed by atoms with Gasteiger partial charge in [-0.05, 0) is 71.0 Å². The van der Waals surface area contributed by atoms with E-state index >= 15 is 0 Å². The first-order chi connectivity index (χ1) is 18.5. The van der Waals surface area contributed by atoms with Crippen molar-refractivity contribution in [3.8, 4) is 5.69 Å². The molecule has 4 aromatic rings. The van der Waals surface area contributed by atoms with Crippen molar-refractivity contribution < 1.29 is 14.3 Å². The molecule has 1 heterocycles. The SMILES string of the molecule is COC(=O)Nc1ccc(NCC(Cc2ccccc2)NC(=O)C=Cc2cc(Cl)ccc2-n2cnnn2)cc1. The fourth-order valence-corrected chi connectivity index (χ4v) is 3.89. The van der Waals surface area contributed by atoms with Gasteiger partial charge in [-0.25, -0.2) is 4.79 Å². The summed E-state index contributed by atoms with van der Waals surface area (Å²) in [4.78, 5) is 24.3. The third-order valence-electron chi connectivity index (χ3n) is 5.54. The highest BCUT2D eigenvalue weighted by Crippen LogP contribution is 2.20. The molecule has 3 N–H and O–H groups in total. The van der Waals surface area contributed by atoms with Crippen LogP contribution in [-0.4, -0.2) is 51.9 Å². The van der Waals surface area contributed by atoms with E-state index < -0.39 is 6.09 Å². The lowest BCUT2D eigenvalue weighted by Gasteiger charge is -2.20. The van der Waals surface area contributed by atoms with Crippen molar-refractivity contribution in [2.75, 3.05) is 24.3 Å². The van der Waals surface area contributed by atoms with Crippen molar-refractivity contribution in [3.63, 3.8) is 0 Å². The summed E-state index contributed by atoms with van der Waals surface area (Å²) >= 11 is 6.18.